The predicted octanol–water partition coefficient (Wildman–Crippen LogP) is 3.06. The first-order chi connectivity index (χ1) is 9.11. The van der Waals surface area contributed by atoms with E-state index >= 15 is 0 Å². The predicted molar refractivity (Wildman–Crippen MR) is 80.0 cm³/mol. The fraction of sp³-hybridized carbons (Fsp3) is 0.750. The van der Waals surface area contributed by atoms with Crippen molar-refractivity contribution >= 4 is 23.3 Å². The highest BCUT2D eigenvalue weighted by molar-refractivity contribution is 7.98. The zero-order valence-corrected chi connectivity index (χ0v) is 12.6. The van der Waals surface area contributed by atoms with E-state index in [4.69, 9.17) is 0 Å². The summed E-state index contributed by atoms with van der Waals surface area (Å²) in [6.07, 6.45) is 5.11. The van der Waals surface area contributed by atoms with Crippen LogP contribution in [0, 0.1) is 17.0 Å². The van der Waals surface area contributed by atoms with Crippen molar-refractivity contribution in [3.05, 3.63) is 15.8 Å². The molecule has 7 heteroatoms. The Morgan fingerprint density at radius 1 is 1.47 bits per heavy atom. The first-order valence-corrected chi connectivity index (χ1v) is 7.95. The SMILES string of the molecule is CCCn1nc(C)c([N+](=O)[O-])c1NCCCCSC. The number of anilines is 1. The van der Waals surface area contributed by atoms with E-state index < -0.39 is 0 Å². The smallest absolute Gasteiger partial charge is 0.333 e. The number of hydrogen-bond donors (Lipinski definition) is 1. The van der Waals surface area contributed by atoms with Crippen LogP contribution in [-0.2, 0) is 6.54 Å². The standard InChI is InChI=1S/C12H22N4O2S/c1-4-8-15-12(13-7-5-6-9-19-3)11(16(17)18)10(2)14-15/h13H,4-9H2,1-3H3. The molecule has 1 aromatic rings. The number of thioether (sulfide) groups is 1. The summed E-state index contributed by atoms with van der Waals surface area (Å²) in [6, 6.07) is 0. The molecule has 0 aliphatic heterocycles. The molecular weight excluding hydrogens is 264 g/mol. The molecule has 19 heavy (non-hydrogen) atoms. The van der Waals surface area contributed by atoms with Crippen molar-refractivity contribution in [3.63, 3.8) is 0 Å². The number of hydrogen-bond acceptors (Lipinski definition) is 5. The molecule has 0 aliphatic rings. The van der Waals surface area contributed by atoms with Gasteiger partial charge in [0, 0.05) is 13.1 Å². The molecule has 0 bridgehead atoms. The summed E-state index contributed by atoms with van der Waals surface area (Å²) in [7, 11) is 0. The van der Waals surface area contributed by atoms with Crippen LogP contribution in [0.1, 0.15) is 31.9 Å². The third-order valence-corrected chi connectivity index (χ3v) is 3.48. The fourth-order valence-electron chi connectivity index (χ4n) is 1.92. The highest BCUT2D eigenvalue weighted by Gasteiger charge is 2.24. The van der Waals surface area contributed by atoms with E-state index in [0.29, 0.717) is 18.1 Å². The monoisotopic (exact) mass is 286 g/mol. The van der Waals surface area contributed by atoms with Crippen molar-refractivity contribution in [2.24, 2.45) is 0 Å². The second-order valence-electron chi connectivity index (χ2n) is 4.39. The summed E-state index contributed by atoms with van der Waals surface area (Å²) in [4.78, 5) is 10.8. The van der Waals surface area contributed by atoms with Gasteiger partial charge in [0.25, 0.3) is 0 Å². The molecule has 0 fully saturated rings. The Labute approximate surface area is 118 Å². The van der Waals surface area contributed by atoms with E-state index in [-0.39, 0.29) is 10.6 Å². The first-order valence-electron chi connectivity index (χ1n) is 6.56. The van der Waals surface area contributed by atoms with Crippen LogP contribution in [0.3, 0.4) is 0 Å². The summed E-state index contributed by atoms with van der Waals surface area (Å²) in [6.45, 7) is 5.16. The second kappa shape index (κ2) is 8.04. The molecule has 0 unspecified atom stereocenters. The maximum atomic E-state index is 11.1. The van der Waals surface area contributed by atoms with Gasteiger partial charge in [-0.05, 0) is 38.2 Å². The zero-order valence-electron chi connectivity index (χ0n) is 11.8. The highest BCUT2D eigenvalue weighted by atomic mass is 32.2. The molecule has 108 valence electrons. The number of aromatic nitrogens is 2. The van der Waals surface area contributed by atoms with E-state index in [2.05, 4.69) is 16.7 Å². The quantitative estimate of drug-likeness (QED) is 0.429. The van der Waals surface area contributed by atoms with Crippen molar-refractivity contribution in [1.82, 2.24) is 9.78 Å². The van der Waals surface area contributed by atoms with Gasteiger partial charge in [-0.25, -0.2) is 4.68 Å². The maximum Gasteiger partial charge on any atom is 0.333 e. The Kier molecular flexibility index (Phi) is 6.69. The van der Waals surface area contributed by atoms with Gasteiger partial charge >= 0.3 is 5.69 Å². The van der Waals surface area contributed by atoms with Crippen molar-refractivity contribution in [2.75, 3.05) is 23.9 Å². The van der Waals surface area contributed by atoms with E-state index in [0.717, 1.165) is 31.6 Å². The topological polar surface area (TPSA) is 73.0 Å². The zero-order chi connectivity index (χ0) is 14.3. The van der Waals surface area contributed by atoms with Crippen molar-refractivity contribution in [2.45, 2.75) is 39.7 Å². The Bertz CT molecular complexity index is 420. The van der Waals surface area contributed by atoms with Gasteiger partial charge < -0.3 is 5.32 Å². The number of rotatable bonds is 9. The lowest BCUT2D eigenvalue weighted by molar-refractivity contribution is -0.384. The van der Waals surface area contributed by atoms with Crippen LogP contribution in [0.4, 0.5) is 11.5 Å². The van der Waals surface area contributed by atoms with Crippen molar-refractivity contribution in [1.29, 1.82) is 0 Å². The molecule has 0 atom stereocenters. The molecule has 0 radical (unpaired) electrons. The maximum absolute atomic E-state index is 11.1. The van der Waals surface area contributed by atoms with Gasteiger partial charge in [0.1, 0.15) is 5.69 Å². The minimum Gasteiger partial charge on any atom is -0.365 e. The number of nitrogens with one attached hydrogen (secondary N) is 1. The largest absolute Gasteiger partial charge is 0.365 e. The third kappa shape index (κ3) is 4.41. The molecule has 0 spiro atoms. The molecule has 0 amide bonds. The average molecular weight is 286 g/mol. The van der Waals surface area contributed by atoms with E-state index in [1.54, 1.807) is 11.6 Å². The van der Waals surface area contributed by atoms with Crippen molar-refractivity contribution in [3.8, 4) is 0 Å². The van der Waals surface area contributed by atoms with E-state index in [1.165, 1.54) is 0 Å². The highest BCUT2D eigenvalue weighted by Crippen LogP contribution is 2.28. The van der Waals surface area contributed by atoms with Crippen LogP contribution in [-0.4, -0.2) is 33.3 Å². The minimum atomic E-state index is -0.348. The van der Waals surface area contributed by atoms with Gasteiger partial charge in [0.15, 0.2) is 0 Å². The number of unbranched alkanes of at least 4 members (excludes halogenated alkanes) is 1. The van der Waals surface area contributed by atoms with Gasteiger partial charge in [-0.2, -0.15) is 16.9 Å². The van der Waals surface area contributed by atoms with Gasteiger partial charge in [0.2, 0.25) is 5.82 Å². The summed E-state index contributed by atoms with van der Waals surface area (Å²) < 4.78 is 1.71. The summed E-state index contributed by atoms with van der Waals surface area (Å²) in [5.74, 6) is 1.67. The second-order valence-corrected chi connectivity index (χ2v) is 5.38. The lowest BCUT2D eigenvalue weighted by atomic mass is 10.3. The Balaban J connectivity index is 2.74. The molecule has 6 nitrogen and oxygen atoms in total. The van der Waals surface area contributed by atoms with E-state index in [1.807, 2.05) is 18.7 Å². The molecule has 1 N–H and O–H groups in total. The molecule has 0 aliphatic carbocycles. The molecule has 0 saturated carbocycles. The molecule has 1 aromatic heterocycles. The summed E-state index contributed by atoms with van der Waals surface area (Å²) in [5.41, 5.74) is 0.586. The van der Waals surface area contributed by atoms with Crippen molar-refractivity contribution < 1.29 is 4.92 Å². The van der Waals surface area contributed by atoms with Crippen LogP contribution >= 0.6 is 11.8 Å². The van der Waals surface area contributed by atoms with E-state index in [9.17, 15) is 10.1 Å². The third-order valence-electron chi connectivity index (χ3n) is 2.78. The van der Waals surface area contributed by atoms with Gasteiger partial charge in [-0.1, -0.05) is 6.92 Å². The number of aryl methyl sites for hydroxylation is 2. The Morgan fingerprint density at radius 2 is 2.21 bits per heavy atom. The van der Waals surface area contributed by atoms with Gasteiger partial charge in [-0.3, -0.25) is 10.1 Å². The van der Waals surface area contributed by atoms with Crippen LogP contribution < -0.4 is 5.32 Å². The van der Waals surface area contributed by atoms with Gasteiger partial charge in [0.05, 0.1) is 4.92 Å². The number of nitrogens with zero attached hydrogens (tertiary/aromatic N) is 3. The normalized spacial score (nSPS) is 10.7. The first kappa shape index (κ1) is 15.8. The van der Waals surface area contributed by atoms with Gasteiger partial charge in [-0.15, -0.1) is 0 Å². The Morgan fingerprint density at radius 3 is 2.79 bits per heavy atom. The summed E-state index contributed by atoms with van der Waals surface area (Å²) >= 11 is 1.82. The average Bonchev–Trinajstić information content (AvgIpc) is 2.66. The van der Waals surface area contributed by atoms with Crippen LogP contribution in [0.5, 0.6) is 0 Å². The van der Waals surface area contributed by atoms with Crippen LogP contribution in [0.2, 0.25) is 0 Å². The fourth-order valence-corrected chi connectivity index (χ4v) is 2.41. The molecule has 1 rings (SSSR count). The molecular formula is C12H22N4O2S. The lowest BCUT2D eigenvalue weighted by Gasteiger charge is -2.08. The van der Waals surface area contributed by atoms with Crippen LogP contribution in [0.15, 0.2) is 0 Å². The number of nitro groups is 1. The molecule has 0 saturated heterocycles. The Hall–Kier alpha value is -1.24. The lowest BCUT2D eigenvalue weighted by Crippen LogP contribution is -2.10. The van der Waals surface area contributed by atoms with Crippen LogP contribution in [0.25, 0.3) is 0 Å². The summed E-state index contributed by atoms with van der Waals surface area (Å²) in [5, 5.41) is 18.5. The molecule has 1 heterocycles. The minimum absolute atomic E-state index is 0.110. The molecule has 0 aromatic carbocycles.